The summed E-state index contributed by atoms with van der Waals surface area (Å²) < 4.78 is 0. The number of ketones is 1. The maximum Gasteiger partial charge on any atom is 0.289 e. The van der Waals surface area contributed by atoms with E-state index in [4.69, 9.17) is 5.26 Å². The van der Waals surface area contributed by atoms with Crippen molar-refractivity contribution in [1.29, 1.82) is 5.26 Å². The van der Waals surface area contributed by atoms with Gasteiger partial charge in [-0.2, -0.15) is 5.26 Å². The highest BCUT2D eigenvalue weighted by Crippen LogP contribution is 2.23. The molecule has 8 heteroatoms. The Bertz CT molecular complexity index is 763. The molecule has 0 bridgehead atoms. The van der Waals surface area contributed by atoms with Crippen molar-refractivity contribution < 1.29 is 14.5 Å². The van der Waals surface area contributed by atoms with Crippen molar-refractivity contribution in [3.8, 4) is 6.07 Å². The van der Waals surface area contributed by atoms with Gasteiger partial charge in [0.25, 0.3) is 5.69 Å². The normalized spacial score (nSPS) is 9.84. The number of fused-ring (bicyclic) bond motifs is 1. The SMILES string of the molecule is N#Cc1cc2nc(C(=O)C=O)cnc2cc1[N+](=O)[O-]. The predicted molar refractivity (Wildman–Crippen MR) is 61.3 cm³/mol. The Hall–Kier alpha value is -3.21. The average molecular weight is 256 g/mol. The summed E-state index contributed by atoms with van der Waals surface area (Å²) in [6.45, 7) is 0. The van der Waals surface area contributed by atoms with E-state index in [1.807, 2.05) is 0 Å². The molecule has 1 aromatic heterocycles. The molecule has 0 amide bonds. The van der Waals surface area contributed by atoms with Gasteiger partial charge in [-0.05, 0) is 6.07 Å². The molecule has 0 unspecified atom stereocenters. The summed E-state index contributed by atoms with van der Waals surface area (Å²) in [5.41, 5.74) is -0.468. The molecule has 1 aromatic carbocycles. The molecule has 0 aliphatic rings. The largest absolute Gasteiger partial charge is 0.294 e. The Balaban J connectivity index is 2.72. The minimum Gasteiger partial charge on any atom is -0.294 e. The number of carbonyl (C=O) groups excluding carboxylic acids is 2. The number of Topliss-reactive ketones (excluding diaryl/α,β-unsaturated/α-hetero) is 1. The minimum absolute atomic E-state index is 0.0897. The van der Waals surface area contributed by atoms with E-state index in [0.29, 0.717) is 0 Å². The van der Waals surface area contributed by atoms with Crippen LogP contribution in [-0.2, 0) is 4.79 Å². The molecule has 0 N–H and O–H groups in total. The summed E-state index contributed by atoms with van der Waals surface area (Å²) >= 11 is 0. The molecular formula is C11H4N4O4. The molecule has 2 rings (SSSR count). The van der Waals surface area contributed by atoms with Gasteiger partial charge < -0.3 is 0 Å². The monoisotopic (exact) mass is 256 g/mol. The Labute approximate surface area is 105 Å². The first-order valence-corrected chi connectivity index (χ1v) is 4.91. The van der Waals surface area contributed by atoms with Crippen LogP contribution < -0.4 is 0 Å². The lowest BCUT2D eigenvalue weighted by Crippen LogP contribution is -2.04. The zero-order valence-corrected chi connectivity index (χ0v) is 9.23. The van der Waals surface area contributed by atoms with E-state index in [2.05, 4.69) is 9.97 Å². The second-order valence-electron chi connectivity index (χ2n) is 3.46. The Morgan fingerprint density at radius 2 is 2.16 bits per heavy atom. The quantitative estimate of drug-likeness (QED) is 0.261. The standard InChI is InChI=1S/C11H4N4O4/c12-3-6-1-8-7(2-10(6)15(18)19)13-4-9(14-8)11(17)5-16/h1-2,4-5H. The van der Waals surface area contributed by atoms with Gasteiger partial charge in [0.15, 0.2) is 6.29 Å². The van der Waals surface area contributed by atoms with E-state index in [-0.39, 0.29) is 28.6 Å². The van der Waals surface area contributed by atoms with E-state index in [1.54, 1.807) is 6.07 Å². The van der Waals surface area contributed by atoms with Crippen LogP contribution in [0.15, 0.2) is 18.3 Å². The molecule has 0 atom stereocenters. The highest BCUT2D eigenvalue weighted by Gasteiger charge is 2.17. The summed E-state index contributed by atoms with van der Waals surface area (Å²) in [5, 5.41) is 19.6. The first-order valence-electron chi connectivity index (χ1n) is 4.91. The molecule has 1 heterocycles. The van der Waals surface area contributed by atoms with E-state index >= 15 is 0 Å². The van der Waals surface area contributed by atoms with Gasteiger partial charge in [-0.15, -0.1) is 0 Å². The van der Waals surface area contributed by atoms with Gasteiger partial charge in [0.2, 0.25) is 5.78 Å². The van der Waals surface area contributed by atoms with Gasteiger partial charge in [-0.25, -0.2) is 4.98 Å². The number of aromatic nitrogens is 2. The Kier molecular flexibility index (Phi) is 2.95. The number of benzene rings is 1. The lowest BCUT2D eigenvalue weighted by molar-refractivity contribution is -0.385. The number of nitrogens with zero attached hydrogens (tertiary/aromatic N) is 4. The van der Waals surface area contributed by atoms with Gasteiger partial charge in [0, 0.05) is 6.07 Å². The number of hydrogen-bond donors (Lipinski definition) is 0. The lowest BCUT2D eigenvalue weighted by atomic mass is 10.1. The van der Waals surface area contributed by atoms with Gasteiger partial charge in [0.1, 0.15) is 17.3 Å². The number of nitro groups is 1. The van der Waals surface area contributed by atoms with Crippen LogP contribution >= 0.6 is 0 Å². The van der Waals surface area contributed by atoms with Crippen molar-refractivity contribution in [1.82, 2.24) is 9.97 Å². The third-order valence-electron chi connectivity index (χ3n) is 2.34. The maximum absolute atomic E-state index is 11.1. The second kappa shape index (κ2) is 4.58. The molecule has 0 radical (unpaired) electrons. The summed E-state index contributed by atoms with van der Waals surface area (Å²) in [6.07, 6.45) is 1.14. The van der Waals surface area contributed by atoms with Crippen molar-refractivity contribution in [2.24, 2.45) is 0 Å². The average Bonchev–Trinajstić information content (AvgIpc) is 2.44. The fraction of sp³-hybridized carbons (Fsp3) is 0. The molecule has 0 saturated heterocycles. The molecule has 2 aromatic rings. The smallest absolute Gasteiger partial charge is 0.289 e. The lowest BCUT2D eigenvalue weighted by Gasteiger charge is -2.00. The second-order valence-corrected chi connectivity index (χ2v) is 3.46. The zero-order valence-electron chi connectivity index (χ0n) is 9.23. The number of rotatable bonds is 3. The Morgan fingerprint density at radius 1 is 1.42 bits per heavy atom. The first kappa shape index (κ1) is 12.3. The summed E-state index contributed by atoms with van der Waals surface area (Å²) in [6, 6.07) is 3.92. The number of aldehydes is 1. The third-order valence-corrected chi connectivity index (χ3v) is 2.34. The van der Waals surface area contributed by atoms with Crippen molar-refractivity contribution in [2.75, 3.05) is 0 Å². The molecule has 8 nitrogen and oxygen atoms in total. The van der Waals surface area contributed by atoms with Crippen LogP contribution in [-0.4, -0.2) is 27.0 Å². The molecule has 0 spiro atoms. The van der Waals surface area contributed by atoms with Gasteiger partial charge in [-0.3, -0.25) is 24.7 Å². The molecule has 0 aliphatic carbocycles. The van der Waals surface area contributed by atoms with Crippen LogP contribution in [0.4, 0.5) is 5.69 Å². The highest BCUT2D eigenvalue weighted by atomic mass is 16.6. The van der Waals surface area contributed by atoms with E-state index in [1.165, 1.54) is 0 Å². The number of carbonyl (C=O) groups is 2. The fourth-order valence-corrected chi connectivity index (χ4v) is 1.47. The van der Waals surface area contributed by atoms with Crippen LogP contribution in [0, 0.1) is 21.4 Å². The molecule has 0 fully saturated rings. The molecule has 92 valence electrons. The van der Waals surface area contributed by atoms with Crippen molar-refractivity contribution in [3.63, 3.8) is 0 Å². The van der Waals surface area contributed by atoms with Crippen molar-refractivity contribution in [3.05, 3.63) is 39.7 Å². The van der Waals surface area contributed by atoms with Crippen LogP contribution in [0.5, 0.6) is 0 Å². The predicted octanol–water partition coefficient (Wildman–Crippen LogP) is 0.791. The van der Waals surface area contributed by atoms with Gasteiger partial charge in [-0.1, -0.05) is 0 Å². The zero-order chi connectivity index (χ0) is 14.0. The summed E-state index contributed by atoms with van der Waals surface area (Å²) in [7, 11) is 0. The van der Waals surface area contributed by atoms with Crippen LogP contribution in [0.25, 0.3) is 11.0 Å². The summed E-state index contributed by atoms with van der Waals surface area (Å²) in [4.78, 5) is 39.2. The van der Waals surface area contributed by atoms with Crippen molar-refractivity contribution >= 4 is 28.8 Å². The van der Waals surface area contributed by atoms with Crippen LogP contribution in [0.3, 0.4) is 0 Å². The molecular weight excluding hydrogens is 252 g/mol. The minimum atomic E-state index is -0.855. The number of nitro benzene ring substituents is 1. The van der Waals surface area contributed by atoms with E-state index in [0.717, 1.165) is 18.3 Å². The Morgan fingerprint density at radius 3 is 2.74 bits per heavy atom. The van der Waals surface area contributed by atoms with E-state index in [9.17, 15) is 19.7 Å². The van der Waals surface area contributed by atoms with Crippen LogP contribution in [0.1, 0.15) is 16.1 Å². The number of hydrogen-bond acceptors (Lipinski definition) is 7. The molecule has 0 aliphatic heterocycles. The maximum atomic E-state index is 11.1. The van der Waals surface area contributed by atoms with E-state index < -0.39 is 16.4 Å². The fourth-order valence-electron chi connectivity index (χ4n) is 1.47. The van der Waals surface area contributed by atoms with Gasteiger partial charge in [0.05, 0.1) is 22.2 Å². The topological polar surface area (TPSA) is 127 Å². The van der Waals surface area contributed by atoms with Gasteiger partial charge >= 0.3 is 0 Å². The van der Waals surface area contributed by atoms with Crippen LogP contribution in [0.2, 0.25) is 0 Å². The molecule has 0 saturated carbocycles. The number of nitriles is 1. The highest BCUT2D eigenvalue weighted by molar-refractivity contribution is 6.32. The summed E-state index contributed by atoms with van der Waals surface area (Å²) in [5.74, 6) is -0.855. The van der Waals surface area contributed by atoms with Crippen molar-refractivity contribution in [2.45, 2.75) is 0 Å². The first-order chi connectivity index (χ1) is 9.06. The molecule has 19 heavy (non-hydrogen) atoms. The third kappa shape index (κ3) is 2.12.